The van der Waals surface area contributed by atoms with Gasteiger partial charge in [0.1, 0.15) is 0 Å². The first-order chi connectivity index (χ1) is 5.95. The molecule has 78 valence electrons. The Bertz CT molecular complexity index is 144. The fourth-order valence-corrected chi connectivity index (χ4v) is 1.81. The lowest BCUT2D eigenvalue weighted by Crippen LogP contribution is -2.30. The van der Waals surface area contributed by atoms with Crippen LogP contribution in [0.3, 0.4) is 0 Å². The van der Waals surface area contributed by atoms with E-state index < -0.39 is 0 Å². The summed E-state index contributed by atoms with van der Waals surface area (Å²) < 4.78 is 1.03. The SMILES string of the molecule is C=C(Br)CNCC(C(C)C)C(C)C. The molecule has 0 saturated heterocycles. The third-order valence-electron chi connectivity index (χ3n) is 2.41. The summed E-state index contributed by atoms with van der Waals surface area (Å²) in [5, 5.41) is 3.40. The summed E-state index contributed by atoms with van der Waals surface area (Å²) in [5.74, 6) is 2.25. The van der Waals surface area contributed by atoms with E-state index in [1.54, 1.807) is 0 Å². The molecule has 0 aromatic heterocycles. The van der Waals surface area contributed by atoms with E-state index in [-0.39, 0.29) is 0 Å². The van der Waals surface area contributed by atoms with E-state index in [9.17, 15) is 0 Å². The molecule has 1 N–H and O–H groups in total. The Morgan fingerprint density at radius 2 is 1.69 bits per heavy atom. The molecule has 0 rings (SSSR count). The summed E-state index contributed by atoms with van der Waals surface area (Å²) in [4.78, 5) is 0. The van der Waals surface area contributed by atoms with Crippen LogP contribution in [0.2, 0.25) is 0 Å². The van der Waals surface area contributed by atoms with Gasteiger partial charge in [0.2, 0.25) is 0 Å². The molecule has 0 bridgehead atoms. The number of nitrogens with one attached hydrogen (secondary N) is 1. The van der Waals surface area contributed by atoms with Crippen molar-refractivity contribution in [3.8, 4) is 0 Å². The van der Waals surface area contributed by atoms with E-state index in [0.29, 0.717) is 0 Å². The third kappa shape index (κ3) is 6.28. The molecule has 0 radical (unpaired) electrons. The van der Waals surface area contributed by atoms with Crippen LogP contribution in [0.4, 0.5) is 0 Å². The molecule has 0 aliphatic heterocycles. The fraction of sp³-hybridized carbons (Fsp3) is 0.818. The molecule has 0 saturated carbocycles. The first-order valence-corrected chi connectivity index (χ1v) is 5.78. The average molecular weight is 248 g/mol. The van der Waals surface area contributed by atoms with Gasteiger partial charge in [-0.25, -0.2) is 0 Å². The van der Waals surface area contributed by atoms with Gasteiger partial charge in [-0.05, 0) is 24.3 Å². The highest BCUT2D eigenvalue weighted by atomic mass is 79.9. The fourth-order valence-electron chi connectivity index (χ4n) is 1.62. The number of hydrogen-bond donors (Lipinski definition) is 1. The maximum absolute atomic E-state index is 3.80. The molecule has 0 aliphatic rings. The van der Waals surface area contributed by atoms with Crippen LogP contribution in [0.1, 0.15) is 27.7 Å². The minimum atomic E-state index is 0.746. The largest absolute Gasteiger partial charge is 0.312 e. The number of hydrogen-bond acceptors (Lipinski definition) is 1. The van der Waals surface area contributed by atoms with Crippen LogP contribution in [0.5, 0.6) is 0 Å². The second-order valence-corrected chi connectivity index (χ2v) is 5.42. The second-order valence-electron chi connectivity index (χ2n) is 4.30. The number of halogens is 1. The van der Waals surface area contributed by atoms with Crippen LogP contribution in [0.25, 0.3) is 0 Å². The Kier molecular flexibility index (Phi) is 6.70. The summed E-state index contributed by atoms with van der Waals surface area (Å²) in [7, 11) is 0. The molecule has 0 aromatic carbocycles. The second kappa shape index (κ2) is 6.61. The summed E-state index contributed by atoms with van der Waals surface area (Å²) in [6.45, 7) is 14.9. The van der Waals surface area contributed by atoms with Gasteiger partial charge in [0.15, 0.2) is 0 Å². The number of rotatable bonds is 6. The van der Waals surface area contributed by atoms with Crippen molar-refractivity contribution in [2.24, 2.45) is 17.8 Å². The molecular weight excluding hydrogens is 226 g/mol. The topological polar surface area (TPSA) is 12.0 Å². The third-order valence-corrected chi connectivity index (χ3v) is 2.69. The van der Waals surface area contributed by atoms with Crippen molar-refractivity contribution in [2.75, 3.05) is 13.1 Å². The van der Waals surface area contributed by atoms with Gasteiger partial charge in [-0.2, -0.15) is 0 Å². The van der Waals surface area contributed by atoms with Gasteiger partial charge in [0, 0.05) is 11.0 Å². The normalized spacial score (nSPS) is 11.7. The summed E-state index contributed by atoms with van der Waals surface area (Å²) in [5.41, 5.74) is 0. The van der Waals surface area contributed by atoms with E-state index in [1.807, 2.05) is 0 Å². The van der Waals surface area contributed by atoms with Crippen molar-refractivity contribution in [1.82, 2.24) is 5.32 Å². The lowest BCUT2D eigenvalue weighted by atomic mass is 9.85. The van der Waals surface area contributed by atoms with E-state index in [1.165, 1.54) is 0 Å². The van der Waals surface area contributed by atoms with Crippen LogP contribution in [-0.2, 0) is 0 Å². The molecule has 0 heterocycles. The van der Waals surface area contributed by atoms with Crippen molar-refractivity contribution in [2.45, 2.75) is 27.7 Å². The van der Waals surface area contributed by atoms with Crippen LogP contribution >= 0.6 is 15.9 Å². The molecule has 1 nitrogen and oxygen atoms in total. The lowest BCUT2D eigenvalue weighted by Gasteiger charge is -2.25. The van der Waals surface area contributed by atoms with Gasteiger partial charge < -0.3 is 5.32 Å². The molecular formula is C11H22BrN. The van der Waals surface area contributed by atoms with Crippen LogP contribution in [0, 0.1) is 17.8 Å². The maximum Gasteiger partial charge on any atom is 0.0265 e. The van der Waals surface area contributed by atoms with E-state index >= 15 is 0 Å². The standard InChI is InChI=1S/C11H22BrN/c1-8(2)11(9(3)4)7-13-6-10(5)12/h8-9,11,13H,5-7H2,1-4H3. The minimum absolute atomic E-state index is 0.746. The zero-order valence-electron chi connectivity index (χ0n) is 9.23. The van der Waals surface area contributed by atoms with Crippen molar-refractivity contribution in [3.05, 3.63) is 11.1 Å². The zero-order chi connectivity index (χ0) is 10.4. The molecule has 0 aromatic rings. The lowest BCUT2D eigenvalue weighted by molar-refractivity contribution is 0.279. The first-order valence-electron chi connectivity index (χ1n) is 4.99. The smallest absolute Gasteiger partial charge is 0.0265 e. The Morgan fingerprint density at radius 1 is 1.23 bits per heavy atom. The molecule has 0 amide bonds. The predicted molar refractivity (Wildman–Crippen MR) is 64.1 cm³/mol. The van der Waals surface area contributed by atoms with E-state index in [2.05, 4.69) is 55.5 Å². The van der Waals surface area contributed by atoms with Gasteiger partial charge in [0.25, 0.3) is 0 Å². The highest BCUT2D eigenvalue weighted by molar-refractivity contribution is 9.11. The predicted octanol–water partition coefficient (Wildman–Crippen LogP) is 3.41. The van der Waals surface area contributed by atoms with E-state index in [0.717, 1.165) is 35.3 Å². The van der Waals surface area contributed by atoms with E-state index in [4.69, 9.17) is 0 Å². The van der Waals surface area contributed by atoms with Gasteiger partial charge in [-0.1, -0.05) is 50.2 Å². The van der Waals surface area contributed by atoms with Gasteiger partial charge in [-0.3, -0.25) is 0 Å². The average Bonchev–Trinajstić information content (AvgIpc) is 1.95. The highest BCUT2D eigenvalue weighted by Gasteiger charge is 2.16. The Hall–Kier alpha value is 0.180. The Balaban J connectivity index is 3.77. The molecule has 0 unspecified atom stereocenters. The molecule has 13 heavy (non-hydrogen) atoms. The Morgan fingerprint density at radius 3 is 2.00 bits per heavy atom. The summed E-state index contributed by atoms with van der Waals surface area (Å²) >= 11 is 3.34. The van der Waals surface area contributed by atoms with Crippen LogP contribution in [0.15, 0.2) is 11.1 Å². The van der Waals surface area contributed by atoms with Crippen LogP contribution in [-0.4, -0.2) is 13.1 Å². The monoisotopic (exact) mass is 247 g/mol. The molecule has 0 fully saturated rings. The molecule has 0 spiro atoms. The van der Waals surface area contributed by atoms with Gasteiger partial charge in [0.05, 0.1) is 0 Å². The quantitative estimate of drug-likeness (QED) is 0.759. The Labute approximate surface area is 91.1 Å². The molecule has 0 aliphatic carbocycles. The van der Waals surface area contributed by atoms with Gasteiger partial charge >= 0.3 is 0 Å². The van der Waals surface area contributed by atoms with Crippen molar-refractivity contribution in [3.63, 3.8) is 0 Å². The first kappa shape index (κ1) is 13.2. The zero-order valence-corrected chi connectivity index (χ0v) is 10.8. The van der Waals surface area contributed by atoms with Crippen molar-refractivity contribution >= 4 is 15.9 Å². The highest BCUT2D eigenvalue weighted by Crippen LogP contribution is 2.19. The van der Waals surface area contributed by atoms with Crippen molar-refractivity contribution in [1.29, 1.82) is 0 Å². The molecule has 0 atom stereocenters. The van der Waals surface area contributed by atoms with Crippen molar-refractivity contribution < 1.29 is 0 Å². The van der Waals surface area contributed by atoms with Crippen LogP contribution < -0.4 is 5.32 Å². The maximum atomic E-state index is 3.80. The van der Waals surface area contributed by atoms with Gasteiger partial charge in [-0.15, -0.1) is 0 Å². The molecule has 2 heteroatoms. The summed E-state index contributed by atoms with van der Waals surface area (Å²) in [6, 6.07) is 0. The summed E-state index contributed by atoms with van der Waals surface area (Å²) in [6.07, 6.45) is 0. The minimum Gasteiger partial charge on any atom is -0.312 e.